The second-order valence-corrected chi connectivity index (χ2v) is 12.0. The van der Waals surface area contributed by atoms with Gasteiger partial charge in [-0.2, -0.15) is 15.1 Å². The van der Waals surface area contributed by atoms with E-state index in [1.165, 1.54) is 37.1 Å². The van der Waals surface area contributed by atoms with E-state index in [0.29, 0.717) is 11.5 Å². The highest BCUT2D eigenvalue weighted by molar-refractivity contribution is 7.52. The van der Waals surface area contributed by atoms with Crippen LogP contribution in [0.3, 0.4) is 0 Å². The minimum atomic E-state index is -4.41. The Morgan fingerprint density at radius 2 is 2.05 bits per heavy atom. The summed E-state index contributed by atoms with van der Waals surface area (Å²) in [7, 11) is -3.05. The van der Waals surface area contributed by atoms with E-state index in [1.54, 1.807) is 19.9 Å². The van der Waals surface area contributed by atoms with Crippen LogP contribution in [0.2, 0.25) is 0 Å². The molecular formula is C25H32FN6O10P. The number of nitrogens with one attached hydrogen (secondary N) is 1. The molecule has 43 heavy (non-hydrogen) atoms. The van der Waals surface area contributed by atoms with Crippen molar-refractivity contribution in [1.29, 1.82) is 0 Å². The van der Waals surface area contributed by atoms with Crippen molar-refractivity contribution in [2.75, 3.05) is 26.2 Å². The third-order valence-electron chi connectivity index (χ3n) is 6.61. The smallest absolute Gasteiger partial charge is 0.459 e. The third kappa shape index (κ3) is 6.17. The highest BCUT2D eigenvalue weighted by Crippen LogP contribution is 2.49. The molecule has 0 amide bonds. The number of aliphatic hydroxyl groups is 1. The second kappa shape index (κ2) is 11.7. The lowest BCUT2D eigenvalue weighted by molar-refractivity contribution is -0.149. The Bertz CT molecular complexity index is 1550. The molecule has 0 aliphatic carbocycles. The van der Waals surface area contributed by atoms with Gasteiger partial charge >= 0.3 is 13.7 Å². The topological polar surface area (TPSA) is 201 Å². The number of aliphatic hydroxyl groups excluding tert-OH is 1. The molecule has 4 heterocycles. The Kier molecular flexibility index (Phi) is 8.37. The lowest BCUT2D eigenvalue weighted by atomic mass is 9.98. The maximum atomic E-state index is 16.0. The number of rotatable bonds is 11. The van der Waals surface area contributed by atoms with Crippen molar-refractivity contribution in [2.45, 2.75) is 63.9 Å². The Hall–Kier alpha value is -3.76. The van der Waals surface area contributed by atoms with E-state index in [2.05, 4.69) is 20.0 Å². The molecule has 1 fully saturated rings. The van der Waals surface area contributed by atoms with Gasteiger partial charge in [0.2, 0.25) is 18.6 Å². The van der Waals surface area contributed by atoms with Gasteiger partial charge in [-0.25, -0.2) is 13.9 Å². The predicted octanol–water partition coefficient (Wildman–Crippen LogP) is 2.27. The van der Waals surface area contributed by atoms with Crippen molar-refractivity contribution in [1.82, 2.24) is 24.6 Å². The zero-order chi connectivity index (χ0) is 31.1. The molecule has 1 aromatic carbocycles. The SMILES string of the molecule is COc1nc(N)nc2c1ncn2[C@@H]1O[C@H](COP(=O)(NC(C)C(=O)OC(C)C)Oc2ccc3c(c2)OCO3)[C@@H](O)[C@@]1(C)F. The van der Waals surface area contributed by atoms with E-state index in [1.807, 2.05) is 0 Å². The highest BCUT2D eigenvalue weighted by atomic mass is 31.2. The number of benzene rings is 1. The van der Waals surface area contributed by atoms with E-state index >= 15 is 4.39 Å². The first-order valence-electron chi connectivity index (χ1n) is 13.2. The van der Waals surface area contributed by atoms with E-state index in [9.17, 15) is 14.5 Å². The van der Waals surface area contributed by atoms with Crippen LogP contribution in [-0.4, -0.2) is 81.1 Å². The maximum Gasteiger partial charge on any atom is 0.459 e. The van der Waals surface area contributed by atoms with Crippen LogP contribution >= 0.6 is 7.75 Å². The molecule has 16 nitrogen and oxygen atoms in total. The number of anilines is 1. The molecule has 0 bridgehead atoms. The molecule has 1 saturated heterocycles. The molecular weight excluding hydrogens is 594 g/mol. The van der Waals surface area contributed by atoms with Crippen molar-refractivity contribution in [3.05, 3.63) is 24.5 Å². The van der Waals surface area contributed by atoms with Crippen LogP contribution in [0.25, 0.3) is 11.2 Å². The molecule has 2 aliphatic heterocycles. The van der Waals surface area contributed by atoms with E-state index in [0.717, 1.165) is 6.92 Å². The number of nitrogens with zero attached hydrogens (tertiary/aromatic N) is 4. The van der Waals surface area contributed by atoms with Gasteiger partial charge < -0.3 is 39.0 Å². The van der Waals surface area contributed by atoms with E-state index < -0.39 is 56.6 Å². The number of fused-ring (bicyclic) bond motifs is 2. The van der Waals surface area contributed by atoms with E-state index in [-0.39, 0.29) is 35.5 Å². The maximum absolute atomic E-state index is 16.0. The Morgan fingerprint density at radius 1 is 1.30 bits per heavy atom. The van der Waals surface area contributed by atoms with Crippen LogP contribution in [0.15, 0.2) is 24.5 Å². The van der Waals surface area contributed by atoms with Crippen LogP contribution in [0, 0.1) is 0 Å². The first-order chi connectivity index (χ1) is 20.3. The molecule has 5 rings (SSSR count). The molecule has 3 aromatic rings. The van der Waals surface area contributed by atoms with Gasteiger partial charge in [0.05, 0.1) is 26.1 Å². The standard InChI is InChI=1S/C25H32FN6O10P/c1-12(2)40-22(34)13(3)31-43(35,42-14-6-7-15-16(8-14)38-11-37-15)39-9-17-19(33)25(4,26)23(41-17)32-10-28-18-20(32)29-24(27)30-21(18)36-5/h6-8,10,12-13,17,19,23,33H,9,11H2,1-5H3,(H,31,35)(H2,27,29,30)/t13?,17-,19-,23-,25-,43?/m1/s1. The van der Waals surface area contributed by atoms with Gasteiger partial charge in [0, 0.05) is 6.07 Å². The van der Waals surface area contributed by atoms with Crippen LogP contribution in [-0.2, 0) is 23.4 Å². The number of ether oxygens (including phenoxy) is 5. The fourth-order valence-electron chi connectivity index (χ4n) is 4.53. The van der Waals surface area contributed by atoms with Gasteiger partial charge in [0.1, 0.15) is 24.0 Å². The number of nitrogen functional groups attached to an aromatic ring is 1. The second-order valence-electron chi connectivity index (χ2n) is 10.3. The number of esters is 1. The van der Waals surface area contributed by atoms with Crippen molar-refractivity contribution < 1.29 is 51.6 Å². The van der Waals surface area contributed by atoms with Gasteiger partial charge in [-0.15, -0.1) is 0 Å². The summed E-state index contributed by atoms with van der Waals surface area (Å²) in [5, 5.41) is 13.5. The van der Waals surface area contributed by atoms with E-state index in [4.69, 9.17) is 38.5 Å². The van der Waals surface area contributed by atoms with Crippen LogP contribution in [0.4, 0.5) is 10.3 Å². The molecule has 234 valence electrons. The molecule has 0 saturated carbocycles. The number of carbonyl (C=O) groups excluding carboxylic acids is 1. The minimum Gasteiger partial charge on any atom is -0.479 e. The van der Waals surface area contributed by atoms with Crippen LogP contribution in [0.5, 0.6) is 23.1 Å². The van der Waals surface area contributed by atoms with Crippen molar-refractivity contribution >= 4 is 30.8 Å². The van der Waals surface area contributed by atoms with Gasteiger partial charge in [0.25, 0.3) is 0 Å². The average Bonchev–Trinajstić information content (AvgIpc) is 3.63. The molecule has 4 N–H and O–H groups in total. The lowest BCUT2D eigenvalue weighted by Gasteiger charge is -2.25. The molecule has 2 aliphatic rings. The third-order valence-corrected chi connectivity index (χ3v) is 8.25. The Labute approximate surface area is 245 Å². The molecule has 0 spiro atoms. The number of hydrogen-bond acceptors (Lipinski definition) is 14. The van der Waals surface area contributed by atoms with Crippen LogP contribution < -0.4 is 29.6 Å². The Balaban J connectivity index is 1.38. The average molecular weight is 627 g/mol. The molecule has 2 aromatic heterocycles. The number of halogens is 1. The first-order valence-corrected chi connectivity index (χ1v) is 14.7. The number of nitrogens with two attached hydrogens (primary N) is 1. The summed E-state index contributed by atoms with van der Waals surface area (Å²) in [6.45, 7) is 5.23. The Morgan fingerprint density at radius 3 is 2.77 bits per heavy atom. The van der Waals surface area contributed by atoms with Gasteiger partial charge in [-0.05, 0) is 39.8 Å². The number of methoxy groups -OCH3 is 1. The summed E-state index contributed by atoms with van der Waals surface area (Å²) in [6, 6.07) is 3.29. The first kappa shape index (κ1) is 30.7. The summed E-state index contributed by atoms with van der Waals surface area (Å²) < 4.78 is 69.4. The highest BCUT2D eigenvalue weighted by Gasteiger charge is 2.56. The summed E-state index contributed by atoms with van der Waals surface area (Å²) >= 11 is 0. The normalized spacial score (nSPS) is 25.1. The fraction of sp³-hybridized carbons (Fsp3) is 0.520. The zero-order valence-electron chi connectivity index (χ0n) is 23.9. The van der Waals surface area contributed by atoms with Crippen molar-refractivity contribution in [3.8, 4) is 23.1 Å². The molecule has 18 heteroatoms. The summed E-state index contributed by atoms with van der Waals surface area (Å²) in [6.07, 6.45) is -3.77. The number of imidazole rings is 1. The monoisotopic (exact) mass is 626 g/mol. The largest absolute Gasteiger partial charge is 0.479 e. The summed E-state index contributed by atoms with van der Waals surface area (Å²) in [5.74, 6) is 0.0564. The number of alkyl halides is 1. The number of hydrogen-bond donors (Lipinski definition) is 3. The molecule has 2 unspecified atom stereocenters. The quantitative estimate of drug-likeness (QED) is 0.207. The predicted molar refractivity (Wildman–Crippen MR) is 146 cm³/mol. The summed E-state index contributed by atoms with van der Waals surface area (Å²) in [5.41, 5.74) is 3.67. The number of carbonyl (C=O) groups is 1. The fourth-order valence-corrected chi connectivity index (χ4v) is 6.02. The lowest BCUT2D eigenvalue weighted by Crippen LogP contribution is -2.41. The van der Waals surface area contributed by atoms with Gasteiger partial charge in [-0.1, -0.05) is 0 Å². The molecule has 6 atom stereocenters. The van der Waals surface area contributed by atoms with Crippen molar-refractivity contribution in [2.24, 2.45) is 0 Å². The zero-order valence-corrected chi connectivity index (χ0v) is 24.8. The minimum absolute atomic E-state index is 0.000946. The molecule has 0 radical (unpaired) electrons. The van der Waals surface area contributed by atoms with Crippen molar-refractivity contribution in [3.63, 3.8) is 0 Å². The van der Waals surface area contributed by atoms with Gasteiger partial charge in [0.15, 0.2) is 34.6 Å². The summed E-state index contributed by atoms with van der Waals surface area (Å²) in [4.78, 5) is 24.7. The van der Waals surface area contributed by atoms with Crippen LogP contribution in [0.1, 0.15) is 33.9 Å². The number of aromatic nitrogens is 4. The van der Waals surface area contributed by atoms with Gasteiger partial charge in [-0.3, -0.25) is 13.9 Å².